The molecule has 1 saturated heterocycles. The van der Waals surface area contributed by atoms with Crippen LogP contribution in [0, 0.1) is 0 Å². The highest BCUT2D eigenvalue weighted by molar-refractivity contribution is 6.42. The van der Waals surface area contributed by atoms with Gasteiger partial charge in [0.1, 0.15) is 11.9 Å². The molecule has 3 rings (SSSR count). The predicted octanol–water partition coefficient (Wildman–Crippen LogP) is 6.01. The highest BCUT2D eigenvalue weighted by atomic mass is 35.5. The van der Waals surface area contributed by atoms with Gasteiger partial charge in [0.25, 0.3) is 0 Å². The molecule has 0 aliphatic carbocycles. The standard InChI is InChI=1S/C22H24Cl4N2O2/c23-16-11-15(12-17(24)13-16)22(29)3-6-27-7-10-28-8-4-18(5-9-28)30-19-1-2-20(25)21(26)14-19/h1-2,11-14,18,27H,3-10H2. The number of ether oxygens (including phenoxy) is 1. The summed E-state index contributed by atoms with van der Waals surface area (Å²) in [6.07, 6.45) is 2.53. The minimum Gasteiger partial charge on any atom is -0.490 e. The van der Waals surface area contributed by atoms with Crippen LogP contribution in [0.4, 0.5) is 0 Å². The third kappa shape index (κ3) is 7.30. The van der Waals surface area contributed by atoms with Crippen molar-refractivity contribution in [2.75, 3.05) is 32.7 Å². The molecule has 162 valence electrons. The second-order valence-corrected chi connectivity index (χ2v) is 9.00. The number of piperidine rings is 1. The van der Waals surface area contributed by atoms with Crippen LogP contribution < -0.4 is 10.1 Å². The SMILES string of the molecule is O=C(CCNCCN1CCC(Oc2ccc(Cl)c(Cl)c2)CC1)c1cc(Cl)cc(Cl)c1. The van der Waals surface area contributed by atoms with Crippen molar-refractivity contribution < 1.29 is 9.53 Å². The quantitative estimate of drug-likeness (QED) is 0.346. The number of hydrogen-bond donors (Lipinski definition) is 1. The first-order valence-electron chi connectivity index (χ1n) is 9.95. The van der Waals surface area contributed by atoms with Gasteiger partial charge in [-0.15, -0.1) is 0 Å². The molecule has 1 aliphatic heterocycles. The lowest BCUT2D eigenvalue weighted by Gasteiger charge is -2.32. The van der Waals surface area contributed by atoms with Crippen molar-refractivity contribution in [2.24, 2.45) is 0 Å². The Kier molecular flexibility index (Phi) is 9.12. The Hall–Kier alpha value is -1.01. The van der Waals surface area contributed by atoms with Crippen molar-refractivity contribution in [2.45, 2.75) is 25.4 Å². The summed E-state index contributed by atoms with van der Waals surface area (Å²) < 4.78 is 6.03. The number of halogens is 4. The molecule has 2 aromatic carbocycles. The maximum absolute atomic E-state index is 12.2. The summed E-state index contributed by atoms with van der Waals surface area (Å²) in [6, 6.07) is 10.3. The summed E-state index contributed by atoms with van der Waals surface area (Å²) in [5.74, 6) is 0.794. The van der Waals surface area contributed by atoms with E-state index in [2.05, 4.69) is 10.2 Å². The van der Waals surface area contributed by atoms with Crippen molar-refractivity contribution in [3.05, 3.63) is 62.1 Å². The van der Waals surface area contributed by atoms with Crippen LogP contribution in [0.2, 0.25) is 20.1 Å². The highest BCUT2D eigenvalue weighted by Crippen LogP contribution is 2.28. The molecule has 0 unspecified atom stereocenters. The van der Waals surface area contributed by atoms with Gasteiger partial charge in [0.05, 0.1) is 10.0 Å². The zero-order chi connectivity index (χ0) is 21.5. The molecule has 0 saturated carbocycles. The van der Waals surface area contributed by atoms with Crippen LogP contribution in [0.25, 0.3) is 0 Å². The molecule has 1 heterocycles. The van der Waals surface area contributed by atoms with Gasteiger partial charge in [0, 0.05) is 60.8 Å². The van der Waals surface area contributed by atoms with Gasteiger partial charge in [0.2, 0.25) is 0 Å². The van der Waals surface area contributed by atoms with Gasteiger partial charge >= 0.3 is 0 Å². The Balaban J connectivity index is 1.30. The molecule has 0 aromatic heterocycles. The molecule has 2 aromatic rings. The number of carbonyl (C=O) groups excluding carboxylic acids is 1. The molecule has 1 N–H and O–H groups in total. The summed E-state index contributed by atoms with van der Waals surface area (Å²) in [4.78, 5) is 14.6. The molecule has 0 radical (unpaired) electrons. The first kappa shape index (κ1) is 23.6. The molecular formula is C22H24Cl4N2O2. The number of hydrogen-bond acceptors (Lipinski definition) is 4. The van der Waals surface area contributed by atoms with Crippen LogP contribution in [0.5, 0.6) is 5.75 Å². The lowest BCUT2D eigenvalue weighted by Crippen LogP contribution is -2.41. The summed E-state index contributed by atoms with van der Waals surface area (Å²) in [5, 5.41) is 5.33. The Morgan fingerprint density at radius 3 is 2.33 bits per heavy atom. The fourth-order valence-electron chi connectivity index (χ4n) is 3.42. The molecule has 1 fully saturated rings. The first-order chi connectivity index (χ1) is 14.4. The molecule has 8 heteroatoms. The molecule has 1 aliphatic rings. The van der Waals surface area contributed by atoms with E-state index >= 15 is 0 Å². The van der Waals surface area contributed by atoms with E-state index in [-0.39, 0.29) is 11.9 Å². The van der Waals surface area contributed by atoms with Crippen molar-refractivity contribution in [1.29, 1.82) is 0 Å². The van der Waals surface area contributed by atoms with E-state index < -0.39 is 0 Å². The number of nitrogens with one attached hydrogen (secondary N) is 1. The van der Waals surface area contributed by atoms with Crippen LogP contribution in [-0.2, 0) is 0 Å². The minimum absolute atomic E-state index is 0.0344. The van der Waals surface area contributed by atoms with Gasteiger partial charge in [-0.1, -0.05) is 46.4 Å². The number of Topliss-reactive ketones (excluding diaryl/α,β-unsaturated/α-hetero) is 1. The van der Waals surface area contributed by atoms with Crippen LogP contribution in [-0.4, -0.2) is 49.5 Å². The second kappa shape index (κ2) is 11.6. The van der Waals surface area contributed by atoms with Crippen molar-refractivity contribution in [3.63, 3.8) is 0 Å². The van der Waals surface area contributed by atoms with E-state index in [4.69, 9.17) is 51.1 Å². The summed E-state index contributed by atoms with van der Waals surface area (Å²) in [6.45, 7) is 4.36. The summed E-state index contributed by atoms with van der Waals surface area (Å²) in [7, 11) is 0. The smallest absolute Gasteiger partial charge is 0.164 e. The zero-order valence-corrected chi connectivity index (χ0v) is 19.5. The Morgan fingerprint density at radius 2 is 1.67 bits per heavy atom. The molecule has 0 amide bonds. The molecule has 0 spiro atoms. The molecule has 0 bridgehead atoms. The number of nitrogens with zero attached hydrogens (tertiary/aromatic N) is 1. The minimum atomic E-state index is 0.0344. The highest BCUT2D eigenvalue weighted by Gasteiger charge is 2.20. The van der Waals surface area contributed by atoms with Crippen molar-refractivity contribution in [3.8, 4) is 5.75 Å². The third-order valence-electron chi connectivity index (χ3n) is 5.05. The number of rotatable bonds is 9. The van der Waals surface area contributed by atoms with E-state index in [1.165, 1.54) is 0 Å². The lowest BCUT2D eigenvalue weighted by atomic mass is 10.1. The Labute approximate surface area is 197 Å². The Bertz CT molecular complexity index is 850. The maximum atomic E-state index is 12.2. The van der Waals surface area contributed by atoms with Crippen LogP contribution in [0.15, 0.2) is 36.4 Å². The average Bonchev–Trinajstić information content (AvgIpc) is 2.71. The number of ketones is 1. The van der Waals surface area contributed by atoms with Crippen LogP contribution >= 0.6 is 46.4 Å². The van der Waals surface area contributed by atoms with Crippen molar-refractivity contribution >= 4 is 52.2 Å². The fourth-order valence-corrected chi connectivity index (χ4v) is 4.23. The predicted molar refractivity (Wildman–Crippen MR) is 125 cm³/mol. The zero-order valence-electron chi connectivity index (χ0n) is 16.5. The van der Waals surface area contributed by atoms with Gasteiger partial charge in [-0.3, -0.25) is 4.79 Å². The number of carbonyl (C=O) groups is 1. The monoisotopic (exact) mass is 488 g/mol. The van der Waals surface area contributed by atoms with Gasteiger partial charge in [0.15, 0.2) is 5.78 Å². The second-order valence-electron chi connectivity index (χ2n) is 7.32. The average molecular weight is 490 g/mol. The van der Waals surface area contributed by atoms with Crippen LogP contribution in [0.1, 0.15) is 29.6 Å². The fraction of sp³-hybridized carbons (Fsp3) is 0.409. The van der Waals surface area contributed by atoms with E-state index in [1.54, 1.807) is 30.3 Å². The van der Waals surface area contributed by atoms with E-state index in [0.29, 0.717) is 38.6 Å². The van der Waals surface area contributed by atoms with E-state index in [1.807, 2.05) is 6.07 Å². The molecule has 30 heavy (non-hydrogen) atoms. The number of benzene rings is 2. The third-order valence-corrected chi connectivity index (χ3v) is 6.22. The number of likely N-dealkylation sites (tertiary alicyclic amines) is 1. The van der Waals surface area contributed by atoms with Crippen LogP contribution in [0.3, 0.4) is 0 Å². The molecule has 4 nitrogen and oxygen atoms in total. The maximum Gasteiger partial charge on any atom is 0.164 e. The van der Waals surface area contributed by atoms with Gasteiger partial charge in [-0.05, 0) is 43.2 Å². The lowest BCUT2D eigenvalue weighted by molar-refractivity contribution is 0.0971. The molecular weight excluding hydrogens is 466 g/mol. The largest absolute Gasteiger partial charge is 0.490 e. The summed E-state index contributed by atoms with van der Waals surface area (Å²) >= 11 is 23.9. The van der Waals surface area contributed by atoms with E-state index in [0.717, 1.165) is 44.8 Å². The van der Waals surface area contributed by atoms with Crippen molar-refractivity contribution in [1.82, 2.24) is 10.2 Å². The van der Waals surface area contributed by atoms with Gasteiger partial charge in [-0.2, -0.15) is 0 Å². The first-order valence-corrected chi connectivity index (χ1v) is 11.5. The Morgan fingerprint density at radius 1 is 0.967 bits per heavy atom. The van der Waals surface area contributed by atoms with E-state index in [9.17, 15) is 4.79 Å². The topological polar surface area (TPSA) is 41.6 Å². The summed E-state index contributed by atoms with van der Waals surface area (Å²) in [5.41, 5.74) is 0.554. The molecule has 0 atom stereocenters. The van der Waals surface area contributed by atoms with Gasteiger partial charge < -0.3 is 15.0 Å². The van der Waals surface area contributed by atoms with Gasteiger partial charge in [-0.25, -0.2) is 0 Å². The normalized spacial score (nSPS) is 15.3.